The van der Waals surface area contributed by atoms with Crippen LogP contribution in [0.2, 0.25) is 0 Å². The second-order valence-corrected chi connectivity index (χ2v) is 11.2. The van der Waals surface area contributed by atoms with E-state index >= 15 is 0 Å². The van der Waals surface area contributed by atoms with Gasteiger partial charge in [-0.15, -0.1) is 0 Å². The number of methoxy groups -OCH3 is 1. The van der Waals surface area contributed by atoms with Gasteiger partial charge < -0.3 is 20.7 Å². The Labute approximate surface area is 245 Å². The first-order chi connectivity index (χ1) is 20.5. The molecule has 2 fully saturated rings. The highest BCUT2D eigenvalue weighted by Crippen LogP contribution is 2.40. The van der Waals surface area contributed by atoms with Crippen LogP contribution in [0, 0.1) is 5.92 Å². The van der Waals surface area contributed by atoms with Crippen molar-refractivity contribution in [2.24, 2.45) is 5.92 Å². The fourth-order valence-corrected chi connectivity index (χ4v) is 5.76. The summed E-state index contributed by atoms with van der Waals surface area (Å²) < 4.78 is 46.7. The first kappa shape index (κ1) is 28.5. The van der Waals surface area contributed by atoms with E-state index in [1.807, 2.05) is 11.0 Å². The molecule has 3 N–H and O–H groups in total. The number of rotatable bonds is 6. The van der Waals surface area contributed by atoms with E-state index in [-0.39, 0.29) is 40.9 Å². The predicted octanol–water partition coefficient (Wildman–Crippen LogP) is 5.79. The van der Waals surface area contributed by atoms with Crippen LogP contribution < -0.4 is 15.8 Å². The summed E-state index contributed by atoms with van der Waals surface area (Å²) in [6.07, 6.45) is 0.700. The number of hydrogen-bond donors (Lipinski definition) is 2. The minimum absolute atomic E-state index is 0.00652. The number of benzene rings is 2. The van der Waals surface area contributed by atoms with Crippen LogP contribution in [-0.2, 0) is 11.0 Å². The van der Waals surface area contributed by atoms with Crippen LogP contribution in [0.15, 0.2) is 54.7 Å². The molecule has 0 unspecified atom stereocenters. The van der Waals surface area contributed by atoms with E-state index in [4.69, 9.17) is 15.6 Å². The molecule has 2 atom stereocenters. The van der Waals surface area contributed by atoms with E-state index in [2.05, 4.69) is 17.2 Å². The molecule has 2 aromatic heterocycles. The molecule has 2 aliphatic rings. The molecule has 43 heavy (non-hydrogen) atoms. The Morgan fingerprint density at radius 1 is 1.07 bits per heavy atom. The summed E-state index contributed by atoms with van der Waals surface area (Å²) in [5, 5.41) is 8.31. The van der Waals surface area contributed by atoms with Crippen molar-refractivity contribution >= 4 is 34.2 Å². The number of nitrogen functional groups attached to an aromatic ring is 1. The Kier molecular flexibility index (Phi) is 7.23. The zero-order chi connectivity index (χ0) is 30.5. The Hall–Kier alpha value is -4.61. The summed E-state index contributed by atoms with van der Waals surface area (Å²) in [5.41, 5.74) is 7.58. The summed E-state index contributed by atoms with van der Waals surface area (Å²) >= 11 is 0. The van der Waals surface area contributed by atoms with E-state index in [0.717, 1.165) is 48.9 Å². The van der Waals surface area contributed by atoms with Crippen LogP contribution in [-0.4, -0.2) is 51.2 Å². The van der Waals surface area contributed by atoms with E-state index in [9.17, 15) is 22.8 Å². The number of ether oxygens (including phenoxy) is 1. The van der Waals surface area contributed by atoms with Crippen LogP contribution in [0.25, 0.3) is 16.6 Å². The van der Waals surface area contributed by atoms with Crippen molar-refractivity contribution in [1.29, 1.82) is 0 Å². The van der Waals surface area contributed by atoms with Gasteiger partial charge in [0, 0.05) is 47.3 Å². The standard InChI is InChI=1S/C31H31F3N6O3/c1-17-6-7-20(16-39(17)30(42)18-8-9-18)26-23-12-13-36-28(35)27(23)40(38-26)24-11-10-19(14-25(24)43-2)29(41)37-22-5-3-4-21(15-22)31(32,33)34/h3-5,10-15,17-18,20H,6-9,16H2,1-2H3,(H2,35,36)(H,37,41)/t17-,20+/m0/s1. The van der Waals surface area contributed by atoms with Gasteiger partial charge in [-0.25, -0.2) is 9.67 Å². The Morgan fingerprint density at radius 2 is 1.86 bits per heavy atom. The third-order valence-electron chi connectivity index (χ3n) is 8.24. The number of carbonyl (C=O) groups is 2. The molecule has 0 radical (unpaired) electrons. The number of pyridine rings is 1. The number of hydrogen-bond acceptors (Lipinski definition) is 6. The maximum Gasteiger partial charge on any atom is 0.416 e. The lowest BCUT2D eigenvalue weighted by Crippen LogP contribution is -2.45. The Morgan fingerprint density at radius 3 is 2.58 bits per heavy atom. The van der Waals surface area contributed by atoms with Crippen molar-refractivity contribution in [3.63, 3.8) is 0 Å². The molecule has 1 saturated carbocycles. The zero-order valence-electron chi connectivity index (χ0n) is 23.7. The molecular weight excluding hydrogens is 561 g/mol. The molecule has 1 saturated heterocycles. The van der Waals surface area contributed by atoms with Gasteiger partial charge in [0.2, 0.25) is 5.91 Å². The smallest absolute Gasteiger partial charge is 0.416 e. The number of likely N-dealkylation sites (tertiary alicyclic amines) is 1. The summed E-state index contributed by atoms with van der Waals surface area (Å²) in [6, 6.07) is 11.1. The van der Waals surface area contributed by atoms with Crippen LogP contribution in [0.3, 0.4) is 0 Å². The number of alkyl halides is 3. The molecule has 4 aromatic rings. The maximum absolute atomic E-state index is 13.1. The number of fused-ring (bicyclic) bond motifs is 1. The number of carbonyl (C=O) groups excluding carboxylic acids is 2. The first-order valence-corrected chi connectivity index (χ1v) is 14.2. The van der Waals surface area contributed by atoms with Crippen molar-refractivity contribution in [2.45, 2.75) is 50.7 Å². The average Bonchev–Trinajstić information content (AvgIpc) is 3.77. The van der Waals surface area contributed by atoms with Gasteiger partial charge >= 0.3 is 6.18 Å². The molecule has 1 aliphatic carbocycles. The van der Waals surface area contributed by atoms with Gasteiger partial charge in [-0.05, 0) is 75.1 Å². The average molecular weight is 593 g/mol. The van der Waals surface area contributed by atoms with Crippen LogP contribution in [0.5, 0.6) is 5.75 Å². The van der Waals surface area contributed by atoms with Crippen LogP contribution in [0.1, 0.15) is 60.1 Å². The maximum atomic E-state index is 13.1. The molecule has 224 valence electrons. The summed E-state index contributed by atoms with van der Waals surface area (Å²) in [4.78, 5) is 32.3. The lowest BCUT2D eigenvalue weighted by Gasteiger charge is -2.37. The summed E-state index contributed by atoms with van der Waals surface area (Å²) in [5.74, 6) is 0.297. The van der Waals surface area contributed by atoms with Crippen LogP contribution in [0.4, 0.5) is 24.7 Å². The second kappa shape index (κ2) is 10.9. The zero-order valence-corrected chi connectivity index (χ0v) is 23.7. The number of nitrogens with one attached hydrogen (secondary N) is 1. The van der Waals surface area contributed by atoms with E-state index in [0.29, 0.717) is 23.5 Å². The fourth-order valence-electron chi connectivity index (χ4n) is 5.76. The number of piperidine rings is 1. The highest BCUT2D eigenvalue weighted by Gasteiger charge is 2.39. The lowest BCUT2D eigenvalue weighted by molar-refractivity contribution is -0.137. The minimum Gasteiger partial charge on any atom is -0.494 e. The highest BCUT2D eigenvalue weighted by molar-refractivity contribution is 6.05. The van der Waals surface area contributed by atoms with Crippen molar-refractivity contribution in [3.05, 3.63) is 71.5 Å². The third kappa shape index (κ3) is 5.49. The van der Waals surface area contributed by atoms with Crippen LogP contribution >= 0.6 is 0 Å². The normalized spacial score (nSPS) is 19.0. The number of nitrogens with zero attached hydrogens (tertiary/aromatic N) is 4. The van der Waals surface area contributed by atoms with E-state index in [1.54, 1.807) is 23.0 Å². The number of anilines is 2. The van der Waals surface area contributed by atoms with E-state index in [1.165, 1.54) is 25.3 Å². The molecule has 1 aliphatic heterocycles. The van der Waals surface area contributed by atoms with Gasteiger partial charge in [0.05, 0.1) is 18.4 Å². The largest absolute Gasteiger partial charge is 0.494 e. The molecule has 6 rings (SSSR count). The molecular formula is C31H31F3N6O3. The molecule has 3 heterocycles. The lowest BCUT2D eigenvalue weighted by atomic mass is 9.89. The summed E-state index contributed by atoms with van der Waals surface area (Å²) in [7, 11) is 1.45. The van der Waals surface area contributed by atoms with Crippen molar-refractivity contribution in [1.82, 2.24) is 19.7 Å². The molecule has 2 aromatic carbocycles. The monoisotopic (exact) mass is 592 g/mol. The number of aromatic nitrogens is 3. The molecule has 9 nitrogen and oxygen atoms in total. The highest BCUT2D eigenvalue weighted by atomic mass is 19.4. The second-order valence-electron chi connectivity index (χ2n) is 11.2. The van der Waals surface area contributed by atoms with Crippen molar-refractivity contribution in [3.8, 4) is 11.4 Å². The minimum atomic E-state index is -4.53. The fraction of sp³-hybridized carbons (Fsp3) is 0.355. The van der Waals surface area contributed by atoms with Gasteiger partial charge in [0.25, 0.3) is 5.91 Å². The molecule has 12 heteroatoms. The molecule has 2 amide bonds. The number of halogens is 3. The van der Waals surface area contributed by atoms with E-state index < -0.39 is 17.6 Å². The third-order valence-corrected chi connectivity index (χ3v) is 8.24. The number of nitrogens with two attached hydrogens (primary N) is 1. The van der Waals surface area contributed by atoms with Gasteiger partial charge in [-0.2, -0.15) is 18.3 Å². The van der Waals surface area contributed by atoms with Crippen molar-refractivity contribution < 1.29 is 27.5 Å². The summed E-state index contributed by atoms with van der Waals surface area (Å²) in [6.45, 7) is 2.65. The first-order valence-electron chi connectivity index (χ1n) is 14.2. The SMILES string of the molecule is COc1cc(C(=O)Nc2cccc(C(F)(F)F)c2)ccc1-n1nc([C@@H]2CC[C@H](C)N(C(=O)C3CC3)C2)c2ccnc(N)c21. The quantitative estimate of drug-likeness (QED) is 0.293. The Balaban J connectivity index is 1.33. The topological polar surface area (TPSA) is 115 Å². The predicted molar refractivity (Wildman–Crippen MR) is 155 cm³/mol. The number of amides is 2. The van der Waals surface area contributed by atoms with Gasteiger partial charge in [0.1, 0.15) is 22.8 Å². The molecule has 0 bridgehead atoms. The molecule has 0 spiro atoms. The van der Waals surface area contributed by atoms with Crippen molar-refractivity contribution in [2.75, 3.05) is 24.7 Å². The van der Waals surface area contributed by atoms with Gasteiger partial charge in [-0.3, -0.25) is 9.59 Å². The van der Waals surface area contributed by atoms with Gasteiger partial charge in [-0.1, -0.05) is 6.07 Å². The Bertz CT molecular complexity index is 1710. The van der Waals surface area contributed by atoms with Gasteiger partial charge in [0.15, 0.2) is 0 Å².